The van der Waals surface area contributed by atoms with E-state index in [2.05, 4.69) is 53.3 Å². The Morgan fingerprint density at radius 2 is 1.67 bits per heavy atom. The predicted molar refractivity (Wildman–Crippen MR) is 145 cm³/mol. The number of amides is 2. The fraction of sp³-hybridized carbons (Fsp3) is 0.464. The molecule has 2 amide bonds. The molecule has 2 fully saturated rings. The van der Waals surface area contributed by atoms with E-state index in [9.17, 15) is 9.59 Å². The first-order valence-corrected chi connectivity index (χ1v) is 13.2. The Bertz CT molecular complexity index is 1220. The second kappa shape index (κ2) is 10.9. The molecule has 3 aromatic rings. The molecule has 0 atom stereocenters. The zero-order valence-electron chi connectivity index (χ0n) is 21.7. The average Bonchev–Trinajstić information content (AvgIpc) is 3.19. The van der Waals surface area contributed by atoms with Gasteiger partial charge in [-0.25, -0.2) is 4.98 Å². The molecule has 0 aliphatic carbocycles. The van der Waals surface area contributed by atoms with Crippen LogP contribution in [0.4, 0.5) is 5.69 Å². The fourth-order valence-corrected chi connectivity index (χ4v) is 4.94. The summed E-state index contributed by atoms with van der Waals surface area (Å²) in [5.74, 6) is 0.00365. The number of likely N-dealkylation sites (tertiary alicyclic amines) is 1. The Morgan fingerprint density at radius 3 is 2.25 bits per heavy atom. The molecule has 1 spiro atoms. The Labute approximate surface area is 218 Å². The summed E-state index contributed by atoms with van der Waals surface area (Å²) in [5, 5.41) is 3.58. The van der Waals surface area contributed by atoms with Gasteiger partial charge in [-0.15, -0.1) is 0 Å². The van der Waals surface area contributed by atoms with E-state index in [-0.39, 0.29) is 17.2 Å². The number of hydrogen-bond acceptors (Lipinski definition) is 4. The summed E-state index contributed by atoms with van der Waals surface area (Å²) in [4.78, 5) is 33.2. The molecule has 2 aliphatic heterocycles. The summed E-state index contributed by atoms with van der Waals surface area (Å²) in [7, 11) is 0. The van der Waals surface area contributed by atoms with Gasteiger partial charge in [0.15, 0.2) is 0 Å². The first kappa shape index (κ1) is 26.0. The summed E-state index contributed by atoms with van der Waals surface area (Å²) in [6, 6.07) is 11.9. The van der Waals surface area contributed by atoms with Gasteiger partial charge in [0.1, 0.15) is 11.3 Å². The smallest absolute Gasteiger partial charge is 0.270 e. The minimum absolute atomic E-state index is 0.162. The molecule has 1 aromatic carbocycles. The number of nitrogens with zero attached hydrogens (tertiary/aromatic N) is 4. The van der Waals surface area contributed by atoms with Gasteiger partial charge in [0.25, 0.3) is 5.91 Å². The lowest BCUT2D eigenvalue weighted by Gasteiger charge is -2.60. The molecule has 8 heteroatoms. The third-order valence-corrected chi connectivity index (χ3v) is 7.23. The average molecular weight is 510 g/mol. The molecule has 0 saturated carbocycles. The predicted octanol–water partition coefficient (Wildman–Crippen LogP) is 4.96. The number of aromatic nitrogens is 2. The van der Waals surface area contributed by atoms with Crippen LogP contribution >= 0.6 is 11.6 Å². The van der Waals surface area contributed by atoms with Gasteiger partial charge in [-0.3, -0.25) is 14.0 Å². The highest BCUT2D eigenvalue weighted by Gasteiger charge is 2.52. The number of hydrogen-bond donors (Lipinski definition) is 1. The molecule has 0 radical (unpaired) electrons. The van der Waals surface area contributed by atoms with Crippen molar-refractivity contribution in [2.45, 2.75) is 53.5 Å². The Hall–Kier alpha value is -3.06. The monoisotopic (exact) mass is 509 g/mol. The van der Waals surface area contributed by atoms with Crippen molar-refractivity contribution in [3.63, 3.8) is 0 Å². The SMILES string of the molecule is CCCC.CCc1nc2ccc(Cl)cn2c1C(=O)NCc1ccc(N2CC3(CN(C(C)=O)C3)C2)cc1. The van der Waals surface area contributed by atoms with E-state index >= 15 is 0 Å². The van der Waals surface area contributed by atoms with E-state index < -0.39 is 0 Å². The Kier molecular flexibility index (Phi) is 7.88. The molecule has 5 rings (SSSR count). The molecule has 2 saturated heterocycles. The number of benzene rings is 1. The summed E-state index contributed by atoms with van der Waals surface area (Å²) < 4.78 is 1.76. The summed E-state index contributed by atoms with van der Waals surface area (Å²) in [6.45, 7) is 12.1. The van der Waals surface area contributed by atoms with Crippen LogP contribution in [-0.4, -0.2) is 52.3 Å². The second-order valence-corrected chi connectivity index (χ2v) is 10.4. The normalized spacial score (nSPS) is 15.7. The number of anilines is 1. The molecule has 2 aromatic heterocycles. The molecular weight excluding hydrogens is 474 g/mol. The van der Waals surface area contributed by atoms with Crippen molar-refractivity contribution in [3.05, 3.63) is 64.6 Å². The highest BCUT2D eigenvalue weighted by molar-refractivity contribution is 6.30. The number of nitrogens with one attached hydrogen (secondary N) is 1. The molecule has 4 heterocycles. The number of imidazole rings is 1. The molecule has 2 aliphatic rings. The largest absolute Gasteiger partial charge is 0.370 e. The summed E-state index contributed by atoms with van der Waals surface area (Å²) >= 11 is 6.13. The minimum atomic E-state index is -0.162. The van der Waals surface area contributed by atoms with E-state index in [0.717, 1.165) is 37.4 Å². The Balaban J connectivity index is 0.000000709. The van der Waals surface area contributed by atoms with Gasteiger partial charge in [0.05, 0.1) is 10.7 Å². The maximum atomic E-state index is 12.9. The van der Waals surface area contributed by atoms with Crippen LogP contribution in [0.2, 0.25) is 5.02 Å². The molecule has 1 N–H and O–H groups in total. The highest BCUT2D eigenvalue weighted by atomic mass is 35.5. The standard InChI is InChI=1S/C24H26ClN5O2.C4H10/c1-3-20-22(30-11-18(25)6-9-21(30)27-20)23(32)26-10-17-4-7-19(8-5-17)29-14-24(15-29)12-28(13-24)16(2)31;1-3-4-2/h4-9,11H,3,10,12-15H2,1-2H3,(H,26,32);3-4H2,1-2H3. The van der Waals surface area contributed by atoms with Crippen molar-refractivity contribution in [3.8, 4) is 0 Å². The molecule has 36 heavy (non-hydrogen) atoms. The van der Waals surface area contributed by atoms with Gasteiger partial charge in [-0.2, -0.15) is 0 Å². The van der Waals surface area contributed by atoms with Crippen molar-refractivity contribution in [2.75, 3.05) is 31.1 Å². The number of carbonyl (C=O) groups excluding carboxylic acids is 2. The number of carbonyl (C=O) groups is 2. The van der Waals surface area contributed by atoms with Crippen molar-refractivity contribution in [1.82, 2.24) is 19.6 Å². The summed E-state index contributed by atoms with van der Waals surface area (Å²) in [6.07, 6.45) is 5.03. The van der Waals surface area contributed by atoms with Crippen LogP contribution in [0.1, 0.15) is 62.3 Å². The van der Waals surface area contributed by atoms with Gasteiger partial charge in [0, 0.05) is 56.9 Å². The van der Waals surface area contributed by atoms with Crippen LogP contribution in [-0.2, 0) is 17.8 Å². The van der Waals surface area contributed by atoms with Crippen molar-refractivity contribution >= 4 is 34.7 Å². The number of rotatable bonds is 6. The maximum absolute atomic E-state index is 12.9. The van der Waals surface area contributed by atoms with E-state index in [1.165, 1.54) is 18.5 Å². The molecule has 0 unspecified atom stereocenters. The first-order valence-electron chi connectivity index (χ1n) is 12.8. The first-order chi connectivity index (χ1) is 17.3. The Morgan fingerprint density at radius 1 is 1.00 bits per heavy atom. The van der Waals surface area contributed by atoms with Crippen LogP contribution in [0.15, 0.2) is 42.6 Å². The second-order valence-electron chi connectivity index (χ2n) is 9.92. The van der Waals surface area contributed by atoms with Crippen LogP contribution < -0.4 is 10.2 Å². The van der Waals surface area contributed by atoms with E-state index in [1.54, 1.807) is 23.6 Å². The quantitative estimate of drug-likeness (QED) is 0.510. The third kappa shape index (κ3) is 5.36. The fourth-order valence-electron chi connectivity index (χ4n) is 4.78. The molecule has 0 bridgehead atoms. The number of halogens is 1. The number of unbranched alkanes of at least 4 members (excludes halogenated alkanes) is 1. The lowest BCUT2D eigenvalue weighted by Crippen LogP contribution is -2.72. The molecular formula is C28H36ClN5O2. The van der Waals surface area contributed by atoms with Gasteiger partial charge in [-0.1, -0.05) is 57.3 Å². The van der Waals surface area contributed by atoms with E-state index in [4.69, 9.17) is 11.6 Å². The zero-order chi connectivity index (χ0) is 25.9. The minimum Gasteiger partial charge on any atom is -0.370 e. The maximum Gasteiger partial charge on any atom is 0.270 e. The van der Waals surface area contributed by atoms with Crippen molar-refractivity contribution in [2.24, 2.45) is 5.41 Å². The van der Waals surface area contributed by atoms with Crippen molar-refractivity contribution < 1.29 is 9.59 Å². The van der Waals surface area contributed by atoms with Gasteiger partial charge in [-0.05, 0) is 36.2 Å². The van der Waals surface area contributed by atoms with Gasteiger partial charge >= 0.3 is 0 Å². The number of pyridine rings is 1. The lowest BCUT2D eigenvalue weighted by molar-refractivity contribution is -0.142. The van der Waals surface area contributed by atoms with E-state index in [0.29, 0.717) is 29.3 Å². The van der Waals surface area contributed by atoms with Crippen LogP contribution in [0.5, 0.6) is 0 Å². The van der Waals surface area contributed by atoms with Crippen LogP contribution in [0.25, 0.3) is 5.65 Å². The van der Waals surface area contributed by atoms with E-state index in [1.807, 2.05) is 17.9 Å². The van der Waals surface area contributed by atoms with Gasteiger partial charge < -0.3 is 15.1 Å². The zero-order valence-corrected chi connectivity index (χ0v) is 22.4. The topological polar surface area (TPSA) is 70.0 Å². The van der Waals surface area contributed by atoms with Gasteiger partial charge in [0.2, 0.25) is 5.91 Å². The van der Waals surface area contributed by atoms with Crippen molar-refractivity contribution in [1.29, 1.82) is 0 Å². The molecule has 192 valence electrons. The number of fused-ring (bicyclic) bond motifs is 1. The van der Waals surface area contributed by atoms with Crippen LogP contribution in [0.3, 0.4) is 0 Å². The molecule has 7 nitrogen and oxygen atoms in total. The summed E-state index contributed by atoms with van der Waals surface area (Å²) in [5.41, 5.74) is 4.50. The highest BCUT2D eigenvalue weighted by Crippen LogP contribution is 2.41. The lowest BCUT2D eigenvalue weighted by atomic mass is 9.72. The van der Waals surface area contributed by atoms with Crippen LogP contribution in [0, 0.1) is 5.41 Å². The number of aryl methyl sites for hydroxylation is 1. The third-order valence-electron chi connectivity index (χ3n) is 7.01.